The number of ketones is 1. The Hall–Kier alpha value is -2.29. The van der Waals surface area contributed by atoms with Crippen LogP contribution in [-0.2, 0) is 6.54 Å². The highest BCUT2D eigenvalue weighted by atomic mass is 16.1. The third-order valence-corrected chi connectivity index (χ3v) is 2.82. The number of carbonyl (C=O) groups is 1. The molecule has 0 spiro atoms. The van der Waals surface area contributed by atoms with Crippen LogP contribution in [0.15, 0.2) is 53.5 Å². The van der Waals surface area contributed by atoms with Crippen molar-refractivity contribution < 1.29 is 4.79 Å². The van der Waals surface area contributed by atoms with E-state index in [0.29, 0.717) is 12.2 Å². The second-order valence-corrected chi connectivity index (χ2v) is 4.35. The first-order valence-electron chi connectivity index (χ1n) is 6.20. The topological polar surface area (TPSA) is 42.3 Å². The Morgan fingerprint density at radius 3 is 2.37 bits per heavy atom. The molecule has 0 aliphatic carbocycles. The standard InChI is InChI=1S/C16H16N2O/c1-12(17-11-14-7-4-3-5-8-14)15-9-6-10-16(18-15)13(2)19/h3-10H,11H2,1-2H3/b17-12-. The highest BCUT2D eigenvalue weighted by molar-refractivity contribution is 5.99. The number of aliphatic imine (C=N–C) groups is 1. The third kappa shape index (κ3) is 3.58. The summed E-state index contributed by atoms with van der Waals surface area (Å²) >= 11 is 0. The van der Waals surface area contributed by atoms with Crippen LogP contribution in [0.1, 0.15) is 35.6 Å². The molecule has 0 aliphatic heterocycles. The predicted octanol–water partition coefficient (Wildman–Crippen LogP) is 3.29. The maximum Gasteiger partial charge on any atom is 0.178 e. The number of hydrogen-bond donors (Lipinski definition) is 0. The Labute approximate surface area is 113 Å². The molecule has 2 aromatic rings. The third-order valence-electron chi connectivity index (χ3n) is 2.82. The molecule has 0 N–H and O–H groups in total. The lowest BCUT2D eigenvalue weighted by Crippen LogP contribution is -2.04. The number of hydrogen-bond acceptors (Lipinski definition) is 3. The molecule has 1 aromatic carbocycles. The number of Topliss-reactive ketones (excluding diaryl/α,β-unsaturated/α-hetero) is 1. The number of pyridine rings is 1. The van der Waals surface area contributed by atoms with Gasteiger partial charge >= 0.3 is 0 Å². The lowest BCUT2D eigenvalue weighted by Gasteiger charge is -2.02. The number of carbonyl (C=O) groups excluding carboxylic acids is 1. The summed E-state index contributed by atoms with van der Waals surface area (Å²) in [5.41, 5.74) is 3.23. The number of aromatic nitrogens is 1. The van der Waals surface area contributed by atoms with E-state index in [9.17, 15) is 4.79 Å². The smallest absolute Gasteiger partial charge is 0.178 e. The zero-order valence-corrected chi connectivity index (χ0v) is 11.1. The molecule has 0 unspecified atom stereocenters. The van der Waals surface area contributed by atoms with E-state index in [4.69, 9.17) is 0 Å². The van der Waals surface area contributed by atoms with Gasteiger partial charge in [-0.3, -0.25) is 9.79 Å². The van der Waals surface area contributed by atoms with Crippen molar-refractivity contribution in [2.75, 3.05) is 0 Å². The monoisotopic (exact) mass is 252 g/mol. The average molecular weight is 252 g/mol. The lowest BCUT2D eigenvalue weighted by molar-refractivity contribution is 0.101. The summed E-state index contributed by atoms with van der Waals surface area (Å²) < 4.78 is 0. The highest BCUT2D eigenvalue weighted by Crippen LogP contribution is 2.05. The van der Waals surface area contributed by atoms with Crippen LogP contribution in [0.2, 0.25) is 0 Å². The van der Waals surface area contributed by atoms with Crippen LogP contribution in [0.25, 0.3) is 0 Å². The Morgan fingerprint density at radius 2 is 1.68 bits per heavy atom. The maximum absolute atomic E-state index is 11.3. The van der Waals surface area contributed by atoms with Crippen molar-refractivity contribution in [2.45, 2.75) is 20.4 Å². The minimum absolute atomic E-state index is 0.0299. The average Bonchev–Trinajstić information content (AvgIpc) is 2.46. The fraction of sp³-hybridized carbons (Fsp3) is 0.188. The summed E-state index contributed by atoms with van der Waals surface area (Å²) in [5, 5.41) is 0. The van der Waals surface area contributed by atoms with Gasteiger partial charge in [-0.1, -0.05) is 36.4 Å². The lowest BCUT2D eigenvalue weighted by atomic mass is 10.2. The fourth-order valence-corrected chi connectivity index (χ4v) is 1.71. The van der Waals surface area contributed by atoms with Gasteiger partial charge < -0.3 is 0 Å². The number of rotatable bonds is 4. The Kier molecular flexibility index (Phi) is 4.18. The molecule has 0 fully saturated rings. The van der Waals surface area contributed by atoms with Crippen LogP contribution in [0, 0.1) is 0 Å². The largest absolute Gasteiger partial charge is 0.293 e. The maximum atomic E-state index is 11.3. The molecule has 3 nitrogen and oxygen atoms in total. The summed E-state index contributed by atoms with van der Waals surface area (Å²) in [5.74, 6) is -0.0299. The molecule has 0 atom stereocenters. The first-order valence-corrected chi connectivity index (χ1v) is 6.20. The van der Waals surface area contributed by atoms with Gasteiger partial charge in [-0.2, -0.15) is 0 Å². The van der Waals surface area contributed by atoms with E-state index in [2.05, 4.69) is 9.98 Å². The van der Waals surface area contributed by atoms with E-state index in [-0.39, 0.29) is 5.78 Å². The molecule has 1 aromatic heterocycles. The van der Waals surface area contributed by atoms with Crippen LogP contribution >= 0.6 is 0 Å². The minimum Gasteiger partial charge on any atom is -0.293 e. The van der Waals surface area contributed by atoms with Gasteiger partial charge in [-0.05, 0) is 24.6 Å². The molecule has 2 rings (SSSR count). The van der Waals surface area contributed by atoms with Crippen molar-refractivity contribution in [3.63, 3.8) is 0 Å². The van der Waals surface area contributed by atoms with Crippen molar-refractivity contribution in [3.05, 3.63) is 65.5 Å². The van der Waals surface area contributed by atoms with Crippen molar-refractivity contribution in [3.8, 4) is 0 Å². The Balaban J connectivity index is 2.17. The second kappa shape index (κ2) is 6.05. The van der Waals surface area contributed by atoms with Crippen molar-refractivity contribution in [2.24, 2.45) is 4.99 Å². The van der Waals surface area contributed by atoms with Crippen molar-refractivity contribution >= 4 is 11.5 Å². The summed E-state index contributed by atoms with van der Waals surface area (Å²) in [6.07, 6.45) is 0. The number of nitrogens with zero attached hydrogens (tertiary/aromatic N) is 2. The van der Waals surface area contributed by atoms with Gasteiger partial charge in [0.05, 0.1) is 18.0 Å². The molecule has 1 heterocycles. The molecule has 0 saturated heterocycles. The summed E-state index contributed by atoms with van der Waals surface area (Å²) in [6.45, 7) is 4.05. The molecule has 0 saturated carbocycles. The van der Waals surface area contributed by atoms with Gasteiger partial charge in [-0.15, -0.1) is 0 Å². The van der Waals surface area contributed by atoms with E-state index >= 15 is 0 Å². The SMILES string of the molecule is CC(=O)c1cccc(/C(C)=N\Cc2ccccc2)n1. The molecule has 0 bridgehead atoms. The van der Waals surface area contributed by atoms with Gasteiger partial charge in [0.15, 0.2) is 5.78 Å². The van der Waals surface area contributed by atoms with E-state index in [0.717, 1.165) is 17.0 Å². The molecule has 0 aliphatic rings. The first-order chi connectivity index (χ1) is 9.16. The van der Waals surface area contributed by atoms with Crippen LogP contribution in [-0.4, -0.2) is 16.5 Å². The van der Waals surface area contributed by atoms with Crippen LogP contribution < -0.4 is 0 Å². The second-order valence-electron chi connectivity index (χ2n) is 4.35. The van der Waals surface area contributed by atoms with E-state index in [1.165, 1.54) is 6.92 Å². The van der Waals surface area contributed by atoms with Crippen LogP contribution in [0.3, 0.4) is 0 Å². The van der Waals surface area contributed by atoms with Gasteiger partial charge in [0.2, 0.25) is 0 Å². The van der Waals surface area contributed by atoms with Gasteiger partial charge in [0, 0.05) is 6.92 Å². The van der Waals surface area contributed by atoms with E-state index in [1.54, 1.807) is 6.07 Å². The van der Waals surface area contributed by atoms with E-state index in [1.807, 2.05) is 49.4 Å². The Morgan fingerprint density at radius 1 is 1.00 bits per heavy atom. The molecule has 3 heteroatoms. The van der Waals surface area contributed by atoms with Crippen molar-refractivity contribution in [1.29, 1.82) is 0 Å². The van der Waals surface area contributed by atoms with Gasteiger partial charge in [-0.25, -0.2) is 4.98 Å². The molecular formula is C16H16N2O. The summed E-state index contributed by atoms with van der Waals surface area (Å²) in [6, 6.07) is 15.5. The van der Waals surface area contributed by atoms with Crippen LogP contribution in [0.4, 0.5) is 0 Å². The van der Waals surface area contributed by atoms with Gasteiger partial charge in [0.1, 0.15) is 5.69 Å². The zero-order valence-electron chi connectivity index (χ0n) is 11.1. The highest BCUT2D eigenvalue weighted by Gasteiger charge is 2.04. The molecule has 19 heavy (non-hydrogen) atoms. The first kappa shape index (κ1) is 13.1. The normalized spacial score (nSPS) is 11.4. The molecule has 0 radical (unpaired) electrons. The van der Waals surface area contributed by atoms with E-state index < -0.39 is 0 Å². The molecule has 0 amide bonds. The Bertz CT molecular complexity index is 603. The predicted molar refractivity (Wildman–Crippen MR) is 76.6 cm³/mol. The quantitative estimate of drug-likeness (QED) is 0.619. The van der Waals surface area contributed by atoms with Crippen molar-refractivity contribution in [1.82, 2.24) is 4.98 Å². The number of benzene rings is 1. The minimum atomic E-state index is -0.0299. The summed E-state index contributed by atoms with van der Waals surface area (Å²) in [7, 11) is 0. The van der Waals surface area contributed by atoms with Gasteiger partial charge in [0.25, 0.3) is 0 Å². The van der Waals surface area contributed by atoms with Crippen LogP contribution in [0.5, 0.6) is 0 Å². The zero-order chi connectivity index (χ0) is 13.7. The summed E-state index contributed by atoms with van der Waals surface area (Å²) in [4.78, 5) is 20.1. The molecule has 96 valence electrons. The fourth-order valence-electron chi connectivity index (χ4n) is 1.71. The molecular weight excluding hydrogens is 236 g/mol.